The number of carbonyl (C=O) groups excluding carboxylic acids is 1. The van der Waals surface area contributed by atoms with Gasteiger partial charge in [-0.05, 0) is 59.7 Å². The summed E-state index contributed by atoms with van der Waals surface area (Å²) in [6.07, 6.45) is 1.87. The second-order valence-corrected chi connectivity index (χ2v) is 7.53. The number of carbonyl (C=O) groups is 1. The molecular formula is C22H19ClN2O2S. The third-order valence-electron chi connectivity index (χ3n) is 3.83. The van der Waals surface area contributed by atoms with Crippen LogP contribution >= 0.6 is 23.4 Å². The number of rotatable bonds is 7. The minimum absolute atomic E-state index is 0.181. The van der Waals surface area contributed by atoms with E-state index < -0.39 is 0 Å². The van der Waals surface area contributed by atoms with Crippen molar-refractivity contribution in [2.45, 2.75) is 16.2 Å². The van der Waals surface area contributed by atoms with Crippen LogP contribution in [0.2, 0.25) is 5.02 Å². The van der Waals surface area contributed by atoms with E-state index in [0.717, 1.165) is 31.7 Å². The molecule has 0 radical (unpaired) electrons. The van der Waals surface area contributed by atoms with E-state index in [0.29, 0.717) is 0 Å². The Bertz CT molecular complexity index is 957. The third kappa shape index (κ3) is 6.15. The summed E-state index contributed by atoms with van der Waals surface area (Å²) in [5, 5.41) is 4.75. The molecule has 1 N–H and O–H groups in total. The Morgan fingerprint density at radius 3 is 2.43 bits per heavy atom. The first kappa shape index (κ1) is 20.0. The van der Waals surface area contributed by atoms with E-state index in [2.05, 4.69) is 10.5 Å². The highest BCUT2D eigenvalue weighted by Crippen LogP contribution is 2.28. The number of halogens is 1. The SMILES string of the molecule is COc1cccc(CC(=O)N/N=C/c2ccc(Sc3ccc(Cl)cc3)cc2)c1. The zero-order valence-corrected chi connectivity index (χ0v) is 16.8. The van der Waals surface area contributed by atoms with Crippen molar-refractivity contribution < 1.29 is 9.53 Å². The first-order chi connectivity index (χ1) is 13.6. The molecule has 142 valence electrons. The Morgan fingerprint density at radius 1 is 1.07 bits per heavy atom. The molecule has 0 bridgehead atoms. The maximum absolute atomic E-state index is 12.0. The number of hydrazone groups is 1. The van der Waals surface area contributed by atoms with Crippen molar-refractivity contribution >= 4 is 35.5 Å². The Kier molecular flexibility index (Phi) is 7.12. The van der Waals surface area contributed by atoms with Crippen molar-refractivity contribution in [1.82, 2.24) is 5.43 Å². The maximum atomic E-state index is 12.0. The van der Waals surface area contributed by atoms with Crippen LogP contribution < -0.4 is 10.2 Å². The molecule has 3 aromatic rings. The van der Waals surface area contributed by atoms with Gasteiger partial charge in [0.2, 0.25) is 5.91 Å². The predicted octanol–water partition coefficient (Wildman–Crippen LogP) is 5.19. The van der Waals surface area contributed by atoms with Gasteiger partial charge in [0.1, 0.15) is 5.75 Å². The molecule has 6 heteroatoms. The summed E-state index contributed by atoms with van der Waals surface area (Å²) in [6, 6.07) is 23.1. The minimum atomic E-state index is -0.181. The van der Waals surface area contributed by atoms with Crippen LogP contribution in [0, 0.1) is 0 Å². The zero-order chi connectivity index (χ0) is 19.8. The van der Waals surface area contributed by atoms with Crippen molar-refractivity contribution in [1.29, 1.82) is 0 Å². The highest BCUT2D eigenvalue weighted by atomic mass is 35.5. The lowest BCUT2D eigenvalue weighted by molar-refractivity contribution is -0.120. The highest BCUT2D eigenvalue weighted by molar-refractivity contribution is 7.99. The monoisotopic (exact) mass is 410 g/mol. The molecule has 0 heterocycles. The normalized spacial score (nSPS) is 10.8. The number of nitrogens with zero attached hydrogens (tertiary/aromatic N) is 1. The first-order valence-electron chi connectivity index (χ1n) is 8.61. The van der Waals surface area contributed by atoms with Gasteiger partial charge < -0.3 is 4.74 Å². The number of methoxy groups -OCH3 is 1. The predicted molar refractivity (Wildman–Crippen MR) is 114 cm³/mol. The standard InChI is InChI=1S/C22H19ClN2O2S/c1-27-19-4-2-3-17(13-19)14-22(26)25-24-15-16-5-9-20(10-6-16)28-21-11-7-18(23)8-12-21/h2-13,15H,14H2,1H3,(H,25,26)/b24-15+. The Morgan fingerprint density at radius 2 is 1.75 bits per heavy atom. The summed E-state index contributed by atoms with van der Waals surface area (Å²) in [5.74, 6) is 0.546. The van der Waals surface area contributed by atoms with Crippen LogP contribution in [0.1, 0.15) is 11.1 Å². The van der Waals surface area contributed by atoms with Crippen LogP contribution in [0.3, 0.4) is 0 Å². The van der Waals surface area contributed by atoms with Gasteiger partial charge in [-0.2, -0.15) is 5.10 Å². The topological polar surface area (TPSA) is 50.7 Å². The molecule has 0 fully saturated rings. The van der Waals surface area contributed by atoms with Gasteiger partial charge in [-0.25, -0.2) is 5.43 Å². The smallest absolute Gasteiger partial charge is 0.244 e. The molecule has 0 aliphatic carbocycles. The van der Waals surface area contributed by atoms with Gasteiger partial charge in [0.25, 0.3) is 0 Å². The van der Waals surface area contributed by atoms with E-state index in [1.165, 1.54) is 0 Å². The second kappa shape index (κ2) is 9.97. The van der Waals surface area contributed by atoms with Gasteiger partial charge >= 0.3 is 0 Å². The highest BCUT2D eigenvalue weighted by Gasteiger charge is 2.03. The molecule has 0 unspecified atom stereocenters. The van der Waals surface area contributed by atoms with E-state index in [-0.39, 0.29) is 12.3 Å². The summed E-state index contributed by atoms with van der Waals surface area (Å²) >= 11 is 7.56. The van der Waals surface area contributed by atoms with E-state index in [1.807, 2.05) is 72.8 Å². The summed E-state index contributed by atoms with van der Waals surface area (Å²) < 4.78 is 5.16. The fourth-order valence-corrected chi connectivity index (χ4v) is 3.39. The fraction of sp³-hybridized carbons (Fsp3) is 0.0909. The van der Waals surface area contributed by atoms with Crippen LogP contribution in [0.4, 0.5) is 0 Å². The van der Waals surface area contributed by atoms with E-state index >= 15 is 0 Å². The Labute approximate surface area is 173 Å². The van der Waals surface area contributed by atoms with Crippen LogP contribution in [-0.2, 0) is 11.2 Å². The van der Waals surface area contributed by atoms with Gasteiger partial charge in [-0.15, -0.1) is 0 Å². The van der Waals surface area contributed by atoms with Crippen LogP contribution in [0.15, 0.2) is 87.7 Å². The van der Waals surface area contributed by atoms with E-state index in [1.54, 1.807) is 25.1 Å². The molecule has 0 atom stereocenters. The van der Waals surface area contributed by atoms with E-state index in [9.17, 15) is 4.79 Å². The first-order valence-corrected chi connectivity index (χ1v) is 9.80. The Hall–Kier alpha value is -2.76. The quantitative estimate of drug-likeness (QED) is 0.430. The molecular weight excluding hydrogens is 392 g/mol. The molecule has 0 aromatic heterocycles. The molecule has 0 saturated carbocycles. The largest absolute Gasteiger partial charge is 0.497 e. The summed E-state index contributed by atoms with van der Waals surface area (Å²) in [6.45, 7) is 0. The number of hydrogen-bond donors (Lipinski definition) is 1. The van der Waals surface area contributed by atoms with Crippen molar-refractivity contribution in [3.8, 4) is 5.75 Å². The van der Waals surface area contributed by atoms with Gasteiger partial charge in [0, 0.05) is 14.8 Å². The summed E-state index contributed by atoms with van der Waals surface area (Å²) in [7, 11) is 1.60. The number of benzene rings is 3. The molecule has 3 rings (SSSR count). The van der Waals surface area contributed by atoms with Crippen LogP contribution in [-0.4, -0.2) is 19.2 Å². The maximum Gasteiger partial charge on any atom is 0.244 e. The molecule has 1 amide bonds. The minimum Gasteiger partial charge on any atom is -0.497 e. The van der Waals surface area contributed by atoms with Crippen LogP contribution in [0.25, 0.3) is 0 Å². The van der Waals surface area contributed by atoms with Gasteiger partial charge in [-0.1, -0.05) is 47.6 Å². The molecule has 0 aliphatic rings. The van der Waals surface area contributed by atoms with Crippen molar-refractivity contribution in [3.05, 3.63) is 88.9 Å². The van der Waals surface area contributed by atoms with Gasteiger partial charge in [-0.3, -0.25) is 4.79 Å². The zero-order valence-electron chi connectivity index (χ0n) is 15.3. The number of amides is 1. The molecule has 3 aromatic carbocycles. The van der Waals surface area contributed by atoms with Gasteiger partial charge in [0.15, 0.2) is 0 Å². The second-order valence-electron chi connectivity index (χ2n) is 5.95. The van der Waals surface area contributed by atoms with Gasteiger partial charge in [0.05, 0.1) is 19.7 Å². The van der Waals surface area contributed by atoms with Crippen LogP contribution in [0.5, 0.6) is 5.75 Å². The van der Waals surface area contributed by atoms with Crippen molar-refractivity contribution in [2.75, 3.05) is 7.11 Å². The number of nitrogens with one attached hydrogen (secondary N) is 1. The summed E-state index contributed by atoms with van der Waals surface area (Å²) in [4.78, 5) is 14.2. The lowest BCUT2D eigenvalue weighted by Crippen LogP contribution is -2.19. The molecule has 0 aliphatic heterocycles. The van der Waals surface area contributed by atoms with Crippen molar-refractivity contribution in [3.63, 3.8) is 0 Å². The number of hydrogen-bond acceptors (Lipinski definition) is 4. The average Bonchev–Trinajstić information content (AvgIpc) is 2.71. The third-order valence-corrected chi connectivity index (χ3v) is 5.10. The molecule has 28 heavy (non-hydrogen) atoms. The fourth-order valence-electron chi connectivity index (χ4n) is 2.45. The van der Waals surface area contributed by atoms with E-state index in [4.69, 9.17) is 16.3 Å². The summed E-state index contributed by atoms with van der Waals surface area (Å²) in [5.41, 5.74) is 4.32. The molecule has 4 nitrogen and oxygen atoms in total. The molecule has 0 spiro atoms. The number of ether oxygens (including phenoxy) is 1. The average molecular weight is 411 g/mol. The lowest BCUT2D eigenvalue weighted by atomic mass is 10.1. The Balaban J connectivity index is 1.51. The molecule has 0 saturated heterocycles. The lowest BCUT2D eigenvalue weighted by Gasteiger charge is -2.04. The van der Waals surface area contributed by atoms with Crippen molar-refractivity contribution in [2.24, 2.45) is 5.10 Å².